The van der Waals surface area contributed by atoms with E-state index in [1.165, 1.54) is 21.3 Å². The highest BCUT2D eigenvalue weighted by molar-refractivity contribution is 7.92. The number of hydrogen-bond acceptors (Lipinski definition) is 4. The van der Waals surface area contributed by atoms with Crippen LogP contribution in [0.4, 0.5) is 5.69 Å². The van der Waals surface area contributed by atoms with Crippen LogP contribution in [0.2, 0.25) is 0 Å². The molecule has 0 aliphatic rings. The number of nitrogens with zero attached hydrogens (tertiary/aromatic N) is 2. The molecule has 208 valence electrons. The Hall–Kier alpha value is -3.65. The second-order valence-electron chi connectivity index (χ2n) is 9.53. The number of sulfonamides is 1. The van der Waals surface area contributed by atoms with Crippen LogP contribution in [-0.4, -0.2) is 44.3 Å². The zero-order valence-corrected chi connectivity index (χ0v) is 24.1. The third-order valence-electron chi connectivity index (χ3n) is 6.62. The molecule has 1 N–H and O–H groups in total. The van der Waals surface area contributed by atoms with E-state index < -0.39 is 28.5 Å². The summed E-state index contributed by atoms with van der Waals surface area (Å²) < 4.78 is 29.1. The van der Waals surface area contributed by atoms with Crippen molar-refractivity contribution in [3.63, 3.8) is 0 Å². The monoisotopic (exact) mass is 549 g/mol. The van der Waals surface area contributed by atoms with E-state index in [1.807, 2.05) is 64.1 Å². The van der Waals surface area contributed by atoms with Gasteiger partial charge in [0.15, 0.2) is 0 Å². The van der Waals surface area contributed by atoms with Crippen LogP contribution in [-0.2, 0) is 32.6 Å². The molecule has 3 aromatic rings. The van der Waals surface area contributed by atoms with Crippen molar-refractivity contribution in [3.8, 4) is 0 Å². The Morgan fingerprint density at radius 1 is 0.897 bits per heavy atom. The topological polar surface area (TPSA) is 86.8 Å². The molecule has 2 amide bonds. The molecule has 0 unspecified atom stereocenters. The van der Waals surface area contributed by atoms with Crippen molar-refractivity contribution < 1.29 is 18.0 Å². The van der Waals surface area contributed by atoms with E-state index in [-0.39, 0.29) is 17.3 Å². The lowest BCUT2D eigenvalue weighted by Crippen LogP contribution is -2.52. The molecule has 3 rings (SSSR count). The SMILES string of the molecule is CCCNC(=O)[C@@H](CC)N(Cc1cccc(C)c1)C(=O)CN(c1ccccc1CC)S(=O)(=O)c1ccccc1. The summed E-state index contributed by atoms with van der Waals surface area (Å²) in [4.78, 5) is 28.9. The first-order chi connectivity index (χ1) is 18.7. The standard InChI is InChI=1S/C31H39N3O4S/c1-5-20-32-31(36)28(7-3)33(22-25-15-13-14-24(4)21-25)30(35)23-34(29-19-12-11-16-26(29)6-2)39(37,38)27-17-9-8-10-18-27/h8-19,21,28H,5-7,20,22-23H2,1-4H3,(H,32,36)/t28-/m1/s1. The van der Waals surface area contributed by atoms with Crippen molar-refractivity contribution in [3.05, 3.63) is 95.6 Å². The minimum Gasteiger partial charge on any atom is -0.354 e. The molecule has 0 bridgehead atoms. The maximum atomic E-state index is 14.1. The molecule has 0 heterocycles. The highest BCUT2D eigenvalue weighted by Crippen LogP contribution is 2.28. The lowest BCUT2D eigenvalue weighted by molar-refractivity contribution is -0.140. The molecule has 39 heavy (non-hydrogen) atoms. The number of hydrogen-bond donors (Lipinski definition) is 1. The molecule has 3 aromatic carbocycles. The average molecular weight is 550 g/mol. The number of rotatable bonds is 13. The number of amides is 2. The molecule has 0 saturated carbocycles. The van der Waals surface area contributed by atoms with Gasteiger partial charge in [0, 0.05) is 13.1 Å². The van der Waals surface area contributed by atoms with Crippen molar-refractivity contribution in [2.24, 2.45) is 0 Å². The summed E-state index contributed by atoms with van der Waals surface area (Å²) in [5.74, 6) is -0.688. The highest BCUT2D eigenvalue weighted by Gasteiger charge is 2.34. The van der Waals surface area contributed by atoms with Crippen LogP contribution in [0.15, 0.2) is 83.8 Å². The maximum Gasteiger partial charge on any atom is 0.264 e. The maximum absolute atomic E-state index is 14.1. The van der Waals surface area contributed by atoms with Gasteiger partial charge in [-0.25, -0.2) is 8.42 Å². The van der Waals surface area contributed by atoms with Crippen molar-refractivity contribution in [2.45, 2.75) is 64.4 Å². The van der Waals surface area contributed by atoms with E-state index in [1.54, 1.807) is 30.3 Å². The van der Waals surface area contributed by atoms with E-state index in [0.717, 1.165) is 23.1 Å². The van der Waals surface area contributed by atoms with Gasteiger partial charge in [0.1, 0.15) is 12.6 Å². The van der Waals surface area contributed by atoms with Gasteiger partial charge in [-0.2, -0.15) is 0 Å². The molecule has 0 saturated heterocycles. The fourth-order valence-electron chi connectivity index (χ4n) is 4.58. The molecule has 0 aliphatic heterocycles. The number of benzene rings is 3. The number of carbonyl (C=O) groups is 2. The smallest absolute Gasteiger partial charge is 0.264 e. The Balaban J connectivity index is 2.08. The number of aryl methyl sites for hydroxylation is 2. The second-order valence-corrected chi connectivity index (χ2v) is 11.4. The molecular formula is C31H39N3O4S. The lowest BCUT2D eigenvalue weighted by Gasteiger charge is -2.33. The molecule has 1 atom stereocenters. The average Bonchev–Trinajstić information content (AvgIpc) is 2.95. The van der Waals surface area contributed by atoms with Gasteiger partial charge >= 0.3 is 0 Å². The summed E-state index contributed by atoms with van der Waals surface area (Å²) in [7, 11) is -4.08. The van der Waals surface area contributed by atoms with E-state index in [2.05, 4.69) is 5.32 Å². The second kappa shape index (κ2) is 13.9. The number of anilines is 1. The predicted molar refractivity (Wildman–Crippen MR) is 156 cm³/mol. The minimum atomic E-state index is -4.08. The number of para-hydroxylation sites is 1. The fraction of sp³-hybridized carbons (Fsp3) is 0.355. The first kappa shape index (κ1) is 29.9. The van der Waals surface area contributed by atoms with Crippen LogP contribution < -0.4 is 9.62 Å². The Labute approximate surface area is 232 Å². The minimum absolute atomic E-state index is 0.0988. The largest absolute Gasteiger partial charge is 0.354 e. The Kier molecular flexibility index (Phi) is 10.7. The van der Waals surface area contributed by atoms with Gasteiger partial charge in [-0.15, -0.1) is 0 Å². The Morgan fingerprint density at radius 3 is 2.23 bits per heavy atom. The van der Waals surface area contributed by atoms with Gasteiger partial charge in [-0.3, -0.25) is 13.9 Å². The lowest BCUT2D eigenvalue weighted by atomic mass is 10.1. The number of carbonyl (C=O) groups excluding carboxylic acids is 2. The molecule has 0 radical (unpaired) electrons. The highest BCUT2D eigenvalue weighted by atomic mass is 32.2. The molecule has 8 heteroatoms. The van der Waals surface area contributed by atoms with Crippen molar-refractivity contribution in [1.82, 2.24) is 10.2 Å². The number of nitrogens with one attached hydrogen (secondary N) is 1. The Morgan fingerprint density at radius 2 is 1.59 bits per heavy atom. The third kappa shape index (κ3) is 7.47. The summed E-state index contributed by atoms with van der Waals surface area (Å²) in [6.07, 6.45) is 1.75. The summed E-state index contributed by atoms with van der Waals surface area (Å²) >= 11 is 0. The van der Waals surface area contributed by atoms with Crippen molar-refractivity contribution in [2.75, 3.05) is 17.4 Å². The zero-order chi connectivity index (χ0) is 28.4. The van der Waals surface area contributed by atoms with Crippen LogP contribution in [0, 0.1) is 6.92 Å². The van der Waals surface area contributed by atoms with Crippen molar-refractivity contribution in [1.29, 1.82) is 0 Å². The molecule has 0 aliphatic carbocycles. The van der Waals surface area contributed by atoms with Crippen LogP contribution in [0.5, 0.6) is 0 Å². The Bertz CT molecular complexity index is 1360. The molecule has 0 spiro atoms. The summed E-state index contributed by atoms with van der Waals surface area (Å²) in [6, 6.07) is 22.4. The van der Waals surface area contributed by atoms with Crippen LogP contribution >= 0.6 is 0 Å². The van der Waals surface area contributed by atoms with Gasteiger partial charge in [-0.1, -0.05) is 87.0 Å². The summed E-state index contributed by atoms with van der Waals surface area (Å²) in [6.45, 7) is 8.00. The molecular weight excluding hydrogens is 510 g/mol. The predicted octanol–water partition coefficient (Wildman–Crippen LogP) is 5.09. The molecule has 7 nitrogen and oxygen atoms in total. The normalized spacial score (nSPS) is 12.0. The van der Waals surface area contributed by atoms with E-state index in [4.69, 9.17) is 0 Å². The van der Waals surface area contributed by atoms with E-state index in [0.29, 0.717) is 25.1 Å². The van der Waals surface area contributed by atoms with E-state index >= 15 is 0 Å². The summed E-state index contributed by atoms with van der Waals surface area (Å²) in [5.41, 5.74) is 3.17. The van der Waals surface area contributed by atoms with Gasteiger partial charge < -0.3 is 10.2 Å². The van der Waals surface area contributed by atoms with E-state index in [9.17, 15) is 18.0 Å². The molecule has 0 fully saturated rings. The first-order valence-corrected chi connectivity index (χ1v) is 14.9. The van der Waals surface area contributed by atoms with Gasteiger partial charge in [0.05, 0.1) is 10.6 Å². The van der Waals surface area contributed by atoms with Gasteiger partial charge in [0.2, 0.25) is 11.8 Å². The van der Waals surface area contributed by atoms with Gasteiger partial charge in [-0.05, 0) is 55.5 Å². The summed E-state index contributed by atoms with van der Waals surface area (Å²) in [5, 5.41) is 2.91. The van der Waals surface area contributed by atoms with Crippen molar-refractivity contribution >= 4 is 27.5 Å². The fourth-order valence-corrected chi connectivity index (χ4v) is 6.05. The van der Waals surface area contributed by atoms with Crippen LogP contribution in [0.25, 0.3) is 0 Å². The van der Waals surface area contributed by atoms with Crippen LogP contribution in [0.1, 0.15) is 50.3 Å². The zero-order valence-electron chi connectivity index (χ0n) is 23.3. The quantitative estimate of drug-likeness (QED) is 0.322. The van der Waals surface area contributed by atoms with Crippen LogP contribution in [0.3, 0.4) is 0 Å². The first-order valence-electron chi connectivity index (χ1n) is 13.5. The van der Waals surface area contributed by atoms with Gasteiger partial charge in [0.25, 0.3) is 10.0 Å². The molecule has 0 aromatic heterocycles. The third-order valence-corrected chi connectivity index (χ3v) is 8.40.